The monoisotopic (exact) mass is 725 g/mol. The first-order valence-corrected chi connectivity index (χ1v) is 23.7. The van der Waals surface area contributed by atoms with Gasteiger partial charge in [0, 0.05) is 0 Å². The Labute approximate surface area is 284 Å². The molecule has 0 amide bonds. The molecule has 0 saturated heterocycles. The normalized spacial score (nSPS) is 14.1. The number of anilines is 3. The summed E-state index contributed by atoms with van der Waals surface area (Å²) in [5, 5.41) is 0. The van der Waals surface area contributed by atoms with Crippen LogP contribution in [-0.2, 0) is 0 Å². The zero-order chi connectivity index (χ0) is 32.0. The summed E-state index contributed by atoms with van der Waals surface area (Å²) in [6.07, 6.45) is 0. The van der Waals surface area contributed by atoms with Crippen LogP contribution >= 0.6 is 0 Å². The van der Waals surface area contributed by atoms with Crippen molar-refractivity contribution in [1.82, 2.24) is 0 Å². The van der Waals surface area contributed by atoms with Gasteiger partial charge in [0.25, 0.3) is 0 Å². The second-order valence-electron chi connectivity index (χ2n) is 13.1. The summed E-state index contributed by atoms with van der Waals surface area (Å²) in [5.74, 6) is 3.83. The van der Waals surface area contributed by atoms with Crippen molar-refractivity contribution in [3.8, 4) is 56.4 Å². The molecule has 3 aliphatic rings. The maximum absolute atomic E-state index is 7.23. The average Bonchev–Trinajstić information content (AvgIpc) is 3.13. The van der Waals surface area contributed by atoms with Gasteiger partial charge in [0.2, 0.25) is 0 Å². The Kier molecular flexibility index (Phi) is 6.01. The van der Waals surface area contributed by atoms with Crippen molar-refractivity contribution < 1.29 is 9.47 Å². The molecule has 0 saturated carbocycles. The number of aryl methyl sites for hydroxylation is 1. The molecule has 3 aliphatic heterocycles. The predicted molar refractivity (Wildman–Crippen MR) is 199 cm³/mol. The summed E-state index contributed by atoms with van der Waals surface area (Å²) in [5.41, 5.74) is 11.6. The molecule has 3 nitrogen and oxygen atoms in total. The molecule has 0 radical (unpaired) electrons. The van der Waals surface area contributed by atoms with Gasteiger partial charge in [-0.05, 0) is 0 Å². The molecule has 3 heterocycles. The Morgan fingerprint density at radius 1 is 0.458 bits per heavy atom. The predicted octanol–water partition coefficient (Wildman–Crippen LogP) is 10.1. The Balaban J connectivity index is 1.35. The standard InChI is InChI=1S/C43H28NO2.CH3.Sn/c1-30-17-19-35(20-18-30)44-36-21-23-40(32-13-7-3-8-14-32)42(27-36)45-38-25-34(31-11-5-2-6-12-31)26-39(29-38)46-43-28-37(44)22-24-41(43)33-15-9-4-10-16-33;;/h2-26H,1H3;1H3;. The van der Waals surface area contributed by atoms with E-state index in [0.29, 0.717) is 0 Å². The molecule has 4 heteroatoms. The fourth-order valence-electron chi connectivity index (χ4n) is 8.12. The van der Waals surface area contributed by atoms with E-state index in [2.05, 4.69) is 168 Å². The second-order valence-corrected chi connectivity index (χ2v) is 23.8. The Morgan fingerprint density at radius 3 is 1.40 bits per heavy atom. The van der Waals surface area contributed by atoms with Crippen molar-refractivity contribution in [2.45, 2.75) is 11.9 Å². The Bertz CT molecular complexity index is 2280. The third kappa shape index (κ3) is 3.88. The van der Waals surface area contributed by atoms with Crippen LogP contribution in [0.15, 0.2) is 152 Å². The Morgan fingerprint density at radius 2 is 0.917 bits per heavy atom. The van der Waals surface area contributed by atoms with Gasteiger partial charge in [0.15, 0.2) is 0 Å². The zero-order valence-electron chi connectivity index (χ0n) is 26.7. The van der Waals surface area contributed by atoms with E-state index in [1.165, 1.54) is 27.7 Å². The summed E-state index contributed by atoms with van der Waals surface area (Å²) in [6.45, 7) is 2.14. The fourth-order valence-corrected chi connectivity index (χ4v) is 21.5. The number of hydrogen-bond donors (Lipinski definition) is 0. The van der Waals surface area contributed by atoms with Gasteiger partial charge in [-0.15, -0.1) is 0 Å². The molecule has 7 aromatic rings. The molecule has 0 atom stereocenters. The Hall–Kier alpha value is -5.26. The summed E-state index contributed by atoms with van der Waals surface area (Å²) < 4.78 is 18.5. The number of ether oxygens (including phenoxy) is 2. The van der Waals surface area contributed by atoms with Crippen molar-refractivity contribution in [3.05, 3.63) is 157 Å². The van der Waals surface area contributed by atoms with Crippen LogP contribution in [0.2, 0.25) is 4.94 Å². The van der Waals surface area contributed by atoms with Gasteiger partial charge in [-0.3, -0.25) is 0 Å². The first kappa shape index (κ1) is 27.8. The third-order valence-corrected chi connectivity index (χ3v) is 23.0. The van der Waals surface area contributed by atoms with Gasteiger partial charge in [0.1, 0.15) is 0 Å². The van der Waals surface area contributed by atoms with Crippen LogP contribution < -0.4 is 25.1 Å². The van der Waals surface area contributed by atoms with E-state index in [1.54, 1.807) is 0 Å². The van der Waals surface area contributed by atoms with E-state index in [0.717, 1.165) is 62.1 Å². The van der Waals surface area contributed by atoms with E-state index >= 15 is 0 Å². The van der Waals surface area contributed by atoms with Crippen molar-refractivity contribution in [3.63, 3.8) is 0 Å². The van der Waals surface area contributed by atoms with Gasteiger partial charge < -0.3 is 0 Å². The number of benzene rings is 7. The molecule has 0 fully saturated rings. The van der Waals surface area contributed by atoms with Gasteiger partial charge in [-0.25, -0.2) is 0 Å². The molecule has 0 bridgehead atoms. The van der Waals surface area contributed by atoms with Crippen LogP contribution in [0.1, 0.15) is 5.56 Å². The minimum absolute atomic E-state index is 0.928. The van der Waals surface area contributed by atoms with Crippen LogP contribution in [0.4, 0.5) is 17.1 Å². The van der Waals surface area contributed by atoms with Crippen molar-refractivity contribution >= 4 is 46.2 Å². The molecule has 0 spiro atoms. The average molecular weight is 724 g/mol. The first-order chi connectivity index (χ1) is 23.6. The molecule has 10 rings (SSSR count). The second kappa shape index (κ2) is 10.4. The van der Waals surface area contributed by atoms with Crippen LogP contribution in [0.3, 0.4) is 0 Å². The summed E-state index contributed by atoms with van der Waals surface area (Å²) in [6, 6.07) is 54.5. The summed E-state index contributed by atoms with van der Waals surface area (Å²) >= 11 is -3.85. The van der Waals surface area contributed by atoms with Crippen molar-refractivity contribution in [1.29, 1.82) is 0 Å². The molecular weight excluding hydrogens is 693 g/mol. The van der Waals surface area contributed by atoms with Crippen LogP contribution in [0, 0.1) is 6.92 Å². The molecule has 48 heavy (non-hydrogen) atoms. The van der Waals surface area contributed by atoms with E-state index in [1.807, 2.05) is 0 Å². The summed E-state index contributed by atoms with van der Waals surface area (Å²) in [7, 11) is 0. The number of rotatable bonds is 4. The van der Waals surface area contributed by atoms with Gasteiger partial charge in [0.05, 0.1) is 0 Å². The molecular formula is C44H31NO2Sn. The molecule has 228 valence electrons. The molecule has 0 N–H and O–H groups in total. The van der Waals surface area contributed by atoms with Crippen molar-refractivity contribution in [2.75, 3.05) is 4.90 Å². The fraction of sp³-hybridized carbons (Fsp3) is 0.0455. The van der Waals surface area contributed by atoms with Crippen LogP contribution in [0.5, 0.6) is 23.0 Å². The van der Waals surface area contributed by atoms with E-state index in [-0.39, 0.29) is 0 Å². The number of hydrogen-bond acceptors (Lipinski definition) is 3. The molecule has 0 aromatic heterocycles. The van der Waals surface area contributed by atoms with E-state index in [9.17, 15) is 0 Å². The molecule has 7 aromatic carbocycles. The maximum atomic E-state index is 7.23. The third-order valence-electron chi connectivity index (χ3n) is 10.3. The minimum atomic E-state index is -3.85. The van der Waals surface area contributed by atoms with Gasteiger partial charge in [-0.2, -0.15) is 0 Å². The van der Waals surface area contributed by atoms with Gasteiger partial charge in [-0.1, -0.05) is 0 Å². The SMILES string of the molecule is Cc1ccc(N2c3ccc(-c4ccccc4)c4[c]3[Sn]3([CH3])[c]5c(cc(-c6ccccc6)cc5Oc5c(-c6ccccc6)ccc2[c]53)O4)cc1. The van der Waals surface area contributed by atoms with Crippen LogP contribution in [0.25, 0.3) is 33.4 Å². The molecule has 0 aliphatic carbocycles. The first-order valence-electron chi connectivity index (χ1n) is 16.5. The number of nitrogens with zero attached hydrogens (tertiary/aromatic N) is 1. The quantitative estimate of drug-likeness (QED) is 0.169. The zero-order valence-corrected chi connectivity index (χ0v) is 29.6. The topological polar surface area (TPSA) is 21.7 Å². The van der Waals surface area contributed by atoms with E-state index < -0.39 is 18.4 Å². The van der Waals surface area contributed by atoms with E-state index in [4.69, 9.17) is 9.47 Å². The van der Waals surface area contributed by atoms with Gasteiger partial charge >= 0.3 is 286 Å². The van der Waals surface area contributed by atoms with Crippen molar-refractivity contribution in [2.24, 2.45) is 0 Å². The van der Waals surface area contributed by atoms with Crippen LogP contribution in [-0.4, -0.2) is 18.4 Å². The summed E-state index contributed by atoms with van der Waals surface area (Å²) in [4.78, 5) is 5.03. The molecule has 0 unspecified atom stereocenters.